The maximum Gasteiger partial charge on any atom is 0.145 e. The number of hydrazine groups is 1. The Bertz CT molecular complexity index is 416. The summed E-state index contributed by atoms with van der Waals surface area (Å²) in [4.78, 5) is 8.94. The Morgan fingerprint density at radius 1 is 1.35 bits per heavy atom. The minimum absolute atomic E-state index is 0.235. The van der Waals surface area contributed by atoms with Gasteiger partial charge in [-0.15, -0.1) is 0 Å². The highest BCUT2D eigenvalue weighted by Crippen LogP contribution is 2.38. The molecule has 0 radical (unpaired) electrons. The lowest BCUT2D eigenvalue weighted by atomic mass is 10.0. The average Bonchev–Trinajstić information content (AvgIpc) is 3.29. The van der Waals surface area contributed by atoms with Crippen molar-refractivity contribution >= 4 is 11.6 Å². The summed E-state index contributed by atoms with van der Waals surface area (Å²) in [5.41, 5.74) is 2.60. The summed E-state index contributed by atoms with van der Waals surface area (Å²) in [6.07, 6.45) is 5.38. The van der Waals surface area contributed by atoms with Gasteiger partial charge in [0.05, 0.1) is 0 Å². The van der Waals surface area contributed by atoms with Gasteiger partial charge in [0.1, 0.15) is 17.5 Å². The molecule has 0 amide bonds. The van der Waals surface area contributed by atoms with E-state index in [1.54, 1.807) is 0 Å². The van der Waals surface area contributed by atoms with Crippen LogP contribution in [0.15, 0.2) is 6.07 Å². The van der Waals surface area contributed by atoms with Crippen molar-refractivity contribution in [3.63, 3.8) is 0 Å². The van der Waals surface area contributed by atoms with Crippen LogP contribution in [0.3, 0.4) is 0 Å². The molecule has 0 aliphatic heterocycles. The van der Waals surface area contributed by atoms with E-state index in [2.05, 4.69) is 27.6 Å². The van der Waals surface area contributed by atoms with Crippen molar-refractivity contribution in [2.24, 2.45) is 11.8 Å². The highest BCUT2D eigenvalue weighted by molar-refractivity contribution is 5.47. The molecule has 1 aliphatic rings. The third-order valence-electron chi connectivity index (χ3n) is 3.64. The summed E-state index contributed by atoms with van der Waals surface area (Å²) in [5.74, 6) is 8.76. The van der Waals surface area contributed by atoms with Crippen LogP contribution >= 0.6 is 0 Å². The van der Waals surface area contributed by atoms with Crippen molar-refractivity contribution in [2.45, 2.75) is 44.9 Å². The van der Waals surface area contributed by atoms with Gasteiger partial charge in [-0.2, -0.15) is 0 Å². The normalized spacial score (nSPS) is 15.9. The third kappa shape index (κ3) is 4.31. The van der Waals surface area contributed by atoms with Crippen LogP contribution in [0.4, 0.5) is 11.6 Å². The largest absolute Gasteiger partial charge is 0.396 e. The van der Waals surface area contributed by atoms with E-state index in [0.29, 0.717) is 17.7 Å². The quantitative estimate of drug-likeness (QED) is 0.407. The van der Waals surface area contributed by atoms with Crippen LogP contribution in [0.25, 0.3) is 0 Å². The van der Waals surface area contributed by atoms with Gasteiger partial charge < -0.3 is 15.8 Å². The van der Waals surface area contributed by atoms with E-state index in [1.807, 2.05) is 6.07 Å². The Kier molecular flexibility index (Phi) is 5.55. The van der Waals surface area contributed by atoms with Crippen LogP contribution in [-0.4, -0.2) is 28.2 Å². The van der Waals surface area contributed by atoms with E-state index < -0.39 is 0 Å². The maximum atomic E-state index is 9.09. The molecule has 1 heterocycles. The van der Waals surface area contributed by atoms with E-state index >= 15 is 0 Å². The molecule has 0 saturated heterocycles. The van der Waals surface area contributed by atoms with E-state index in [4.69, 9.17) is 10.9 Å². The predicted molar refractivity (Wildman–Crippen MR) is 80.4 cm³/mol. The van der Waals surface area contributed by atoms with Crippen molar-refractivity contribution < 1.29 is 5.11 Å². The van der Waals surface area contributed by atoms with E-state index in [1.165, 1.54) is 0 Å². The van der Waals surface area contributed by atoms with Crippen molar-refractivity contribution in [1.82, 2.24) is 9.97 Å². The fourth-order valence-electron chi connectivity index (χ4n) is 2.34. The van der Waals surface area contributed by atoms with Crippen molar-refractivity contribution in [1.29, 1.82) is 0 Å². The van der Waals surface area contributed by atoms with Crippen LogP contribution < -0.4 is 16.6 Å². The molecule has 1 unspecified atom stereocenters. The van der Waals surface area contributed by atoms with Crippen molar-refractivity contribution in [3.8, 4) is 0 Å². The standard InChI is InChI=1S/C14H25N5O/c1-2-3-10(6-7-20)9-16-12-8-13(19-15)18-14(17-12)11-4-5-11/h8,10-11,20H,2-7,9,15H2,1H3,(H2,16,17,18,19). The number of hydrogen-bond donors (Lipinski definition) is 4. The molecule has 112 valence electrons. The number of nitrogens with zero attached hydrogens (tertiary/aromatic N) is 2. The second kappa shape index (κ2) is 7.40. The lowest BCUT2D eigenvalue weighted by Gasteiger charge is -2.16. The van der Waals surface area contributed by atoms with Crippen LogP contribution in [-0.2, 0) is 0 Å². The minimum Gasteiger partial charge on any atom is -0.396 e. The van der Waals surface area contributed by atoms with Gasteiger partial charge in [0.2, 0.25) is 0 Å². The Hall–Kier alpha value is -1.40. The smallest absolute Gasteiger partial charge is 0.145 e. The van der Waals surface area contributed by atoms with Gasteiger partial charge in [0, 0.05) is 25.1 Å². The molecule has 0 aromatic carbocycles. The van der Waals surface area contributed by atoms with Crippen LogP contribution in [0.2, 0.25) is 0 Å². The SMILES string of the molecule is CCCC(CCO)CNc1cc(NN)nc(C2CC2)n1. The molecule has 1 atom stereocenters. The molecule has 1 saturated carbocycles. The van der Waals surface area contributed by atoms with Gasteiger partial charge in [0.25, 0.3) is 0 Å². The first-order valence-electron chi connectivity index (χ1n) is 7.47. The maximum absolute atomic E-state index is 9.09. The average molecular weight is 279 g/mol. The van der Waals surface area contributed by atoms with Gasteiger partial charge in [0.15, 0.2) is 0 Å². The van der Waals surface area contributed by atoms with E-state index in [9.17, 15) is 0 Å². The number of hydrogen-bond acceptors (Lipinski definition) is 6. The Morgan fingerprint density at radius 3 is 2.70 bits per heavy atom. The fraction of sp³-hybridized carbons (Fsp3) is 0.714. The van der Waals surface area contributed by atoms with Gasteiger partial charge in [-0.05, 0) is 31.6 Å². The molecule has 6 nitrogen and oxygen atoms in total. The molecular weight excluding hydrogens is 254 g/mol. The van der Waals surface area contributed by atoms with Gasteiger partial charge >= 0.3 is 0 Å². The first-order chi connectivity index (χ1) is 9.76. The highest BCUT2D eigenvalue weighted by atomic mass is 16.3. The number of nitrogens with one attached hydrogen (secondary N) is 2. The van der Waals surface area contributed by atoms with E-state index in [-0.39, 0.29) is 6.61 Å². The lowest BCUT2D eigenvalue weighted by molar-refractivity contribution is 0.255. The summed E-state index contributed by atoms with van der Waals surface area (Å²) in [6.45, 7) is 3.22. The van der Waals surface area contributed by atoms with Crippen LogP contribution in [0.5, 0.6) is 0 Å². The molecule has 1 fully saturated rings. The highest BCUT2D eigenvalue weighted by Gasteiger charge is 2.27. The molecule has 2 rings (SSSR count). The number of anilines is 2. The van der Waals surface area contributed by atoms with Crippen LogP contribution in [0, 0.1) is 5.92 Å². The van der Waals surface area contributed by atoms with Gasteiger partial charge in [-0.25, -0.2) is 15.8 Å². The second-order valence-electron chi connectivity index (χ2n) is 5.46. The second-order valence-corrected chi connectivity index (χ2v) is 5.46. The summed E-state index contributed by atoms with van der Waals surface area (Å²) in [5, 5.41) is 12.4. The number of nitrogens with two attached hydrogens (primary N) is 1. The monoisotopic (exact) mass is 279 g/mol. The molecule has 5 N–H and O–H groups in total. The van der Waals surface area contributed by atoms with Gasteiger partial charge in [-0.1, -0.05) is 13.3 Å². The number of aliphatic hydroxyl groups is 1. The molecule has 1 aromatic heterocycles. The van der Waals surface area contributed by atoms with E-state index in [0.717, 1.165) is 50.3 Å². The Labute approximate surface area is 120 Å². The van der Waals surface area contributed by atoms with Crippen LogP contribution in [0.1, 0.15) is 50.8 Å². The first kappa shape index (κ1) is 15.0. The molecular formula is C14H25N5O. The summed E-state index contributed by atoms with van der Waals surface area (Å²) in [7, 11) is 0. The fourth-order valence-corrected chi connectivity index (χ4v) is 2.34. The van der Waals surface area contributed by atoms with Crippen molar-refractivity contribution in [3.05, 3.63) is 11.9 Å². The zero-order chi connectivity index (χ0) is 14.4. The Morgan fingerprint density at radius 2 is 2.10 bits per heavy atom. The molecule has 0 spiro atoms. The molecule has 1 aromatic rings. The summed E-state index contributed by atoms with van der Waals surface area (Å²) < 4.78 is 0. The summed E-state index contributed by atoms with van der Waals surface area (Å²) >= 11 is 0. The lowest BCUT2D eigenvalue weighted by Crippen LogP contribution is -2.18. The number of nitrogen functional groups attached to an aromatic ring is 1. The topological polar surface area (TPSA) is 96.1 Å². The Balaban J connectivity index is 1.98. The minimum atomic E-state index is 0.235. The number of aliphatic hydroxyl groups excluding tert-OH is 1. The summed E-state index contributed by atoms with van der Waals surface area (Å²) in [6, 6.07) is 1.83. The molecule has 6 heteroatoms. The number of aromatic nitrogens is 2. The predicted octanol–water partition coefficient (Wildman–Crippen LogP) is 1.85. The zero-order valence-corrected chi connectivity index (χ0v) is 12.1. The molecule has 0 bridgehead atoms. The number of rotatable bonds is 9. The van der Waals surface area contributed by atoms with Gasteiger partial charge in [-0.3, -0.25) is 0 Å². The molecule has 1 aliphatic carbocycles. The third-order valence-corrected chi connectivity index (χ3v) is 3.64. The molecule has 20 heavy (non-hydrogen) atoms. The first-order valence-corrected chi connectivity index (χ1v) is 7.47. The zero-order valence-electron chi connectivity index (χ0n) is 12.1. The van der Waals surface area contributed by atoms with Crippen molar-refractivity contribution in [2.75, 3.05) is 23.9 Å².